The number of methoxy groups -OCH3 is 1. The van der Waals surface area contributed by atoms with Gasteiger partial charge in [0.1, 0.15) is 0 Å². The highest BCUT2D eigenvalue weighted by atomic mass is 16.5. The molecule has 122 valence electrons. The molecule has 5 nitrogen and oxygen atoms in total. The van der Waals surface area contributed by atoms with Gasteiger partial charge >= 0.3 is 0 Å². The standard InChI is InChI=1S/C18H24N4O/c1-23-13-16-10-21(8-15-3-2-6-19-7-15)12-18-17(16)11-22(20-18)9-14-4-5-14/h2-3,6-7,11,14,16H,4-5,8-10,12-13H2,1H3/t16-/m0/s1. The first kappa shape index (κ1) is 14.8. The normalized spacial score (nSPS) is 21.3. The highest BCUT2D eigenvalue weighted by Crippen LogP contribution is 2.33. The van der Waals surface area contributed by atoms with E-state index in [2.05, 4.69) is 26.8 Å². The van der Waals surface area contributed by atoms with Gasteiger partial charge in [-0.3, -0.25) is 14.6 Å². The summed E-state index contributed by atoms with van der Waals surface area (Å²) >= 11 is 0. The second-order valence-corrected chi connectivity index (χ2v) is 6.88. The van der Waals surface area contributed by atoms with Crippen LogP contribution in [-0.2, 0) is 24.4 Å². The predicted molar refractivity (Wildman–Crippen MR) is 87.9 cm³/mol. The van der Waals surface area contributed by atoms with Crippen LogP contribution >= 0.6 is 0 Å². The van der Waals surface area contributed by atoms with Crippen LogP contribution in [0.15, 0.2) is 30.7 Å². The number of aromatic nitrogens is 3. The molecule has 0 unspecified atom stereocenters. The smallest absolute Gasteiger partial charge is 0.0801 e. The molecule has 0 aromatic carbocycles. The van der Waals surface area contributed by atoms with E-state index in [0.29, 0.717) is 5.92 Å². The van der Waals surface area contributed by atoms with E-state index in [0.717, 1.165) is 38.7 Å². The van der Waals surface area contributed by atoms with Crippen molar-refractivity contribution in [2.75, 3.05) is 20.3 Å². The summed E-state index contributed by atoms with van der Waals surface area (Å²) in [6, 6.07) is 4.14. The number of rotatable bonds is 6. The third-order valence-corrected chi connectivity index (χ3v) is 4.80. The van der Waals surface area contributed by atoms with E-state index in [-0.39, 0.29) is 0 Å². The van der Waals surface area contributed by atoms with Gasteiger partial charge in [-0.25, -0.2) is 0 Å². The first-order valence-corrected chi connectivity index (χ1v) is 8.48. The Morgan fingerprint density at radius 3 is 3.00 bits per heavy atom. The third kappa shape index (κ3) is 3.46. The van der Waals surface area contributed by atoms with Gasteiger partial charge < -0.3 is 4.74 Å². The molecule has 3 heterocycles. The van der Waals surface area contributed by atoms with Crippen molar-refractivity contribution in [3.63, 3.8) is 0 Å². The molecule has 1 fully saturated rings. The molecule has 5 heteroatoms. The molecule has 2 aliphatic rings. The van der Waals surface area contributed by atoms with Crippen molar-refractivity contribution in [2.45, 2.75) is 38.4 Å². The van der Waals surface area contributed by atoms with Crippen molar-refractivity contribution in [3.8, 4) is 0 Å². The fourth-order valence-electron chi connectivity index (χ4n) is 3.50. The Morgan fingerprint density at radius 2 is 2.26 bits per heavy atom. The van der Waals surface area contributed by atoms with Crippen molar-refractivity contribution < 1.29 is 4.74 Å². The van der Waals surface area contributed by atoms with Gasteiger partial charge in [-0.1, -0.05) is 6.07 Å². The fourth-order valence-corrected chi connectivity index (χ4v) is 3.50. The van der Waals surface area contributed by atoms with Crippen LogP contribution < -0.4 is 0 Å². The van der Waals surface area contributed by atoms with Crippen LogP contribution in [0.1, 0.15) is 35.6 Å². The Kier molecular flexibility index (Phi) is 4.14. The molecular formula is C18H24N4O. The van der Waals surface area contributed by atoms with Gasteiger partial charge in [-0.15, -0.1) is 0 Å². The van der Waals surface area contributed by atoms with E-state index in [1.165, 1.54) is 29.7 Å². The summed E-state index contributed by atoms with van der Waals surface area (Å²) in [4.78, 5) is 6.68. The Hall–Kier alpha value is -1.72. The number of fused-ring (bicyclic) bond motifs is 1. The molecule has 0 bridgehead atoms. The fraction of sp³-hybridized carbons (Fsp3) is 0.556. The average molecular weight is 312 g/mol. The van der Waals surface area contributed by atoms with Gasteiger partial charge in [0.05, 0.1) is 12.3 Å². The minimum Gasteiger partial charge on any atom is -0.384 e. The van der Waals surface area contributed by atoms with Crippen LogP contribution in [0.3, 0.4) is 0 Å². The van der Waals surface area contributed by atoms with E-state index in [4.69, 9.17) is 9.84 Å². The number of ether oxygens (including phenoxy) is 1. The van der Waals surface area contributed by atoms with E-state index in [1.54, 1.807) is 7.11 Å². The Bertz CT molecular complexity index is 650. The largest absolute Gasteiger partial charge is 0.384 e. The lowest BCUT2D eigenvalue weighted by Gasteiger charge is -2.31. The van der Waals surface area contributed by atoms with Gasteiger partial charge in [0.25, 0.3) is 0 Å². The second kappa shape index (κ2) is 6.42. The maximum Gasteiger partial charge on any atom is 0.0801 e. The molecule has 1 saturated carbocycles. The number of nitrogens with zero attached hydrogens (tertiary/aromatic N) is 4. The van der Waals surface area contributed by atoms with Crippen LogP contribution in [-0.4, -0.2) is 39.9 Å². The zero-order chi connectivity index (χ0) is 15.6. The topological polar surface area (TPSA) is 43.2 Å². The van der Waals surface area contributed by atoms with Gasteiger partial charge in [-0.05, 0) is 30.4 Å². The second-order valence-electron chi connectivity index (χ2n) is 6.88. The highest BCUT2D eigenvalue weighted by molar-refractivity contribution is 5.26. The molecule has 0 amide bonds. The summed E-state index contributed by atoms with van der Waals surface area (Å²) in [7, 11) is 1.79. The lowest BCUT2D eigenvalue weighted by Crippen LogP contribution is -2.34. The van der Waals surface area contributed by atoms with Crippen LogP contribution in [0.4, 0.5) is 0 Å². The van der Waals surface area contributed by atoms with Crippen molar-refractivity contribution >= 4 is 0 Å². The first-order valence-electron chi connectivity index (χ1n) is 8.48. The van der Waals surface area contributed by atoms with Crippen LogP contribution in [0.5, 0.6) is 0 Å². The average Bonchev–Trinajstić information content (AvgIpc) is 3.26. The summed E-state index contributed by atoms with van der Waals surface area (Å²) in [5.41, 5.74) is 3.86. The molecule has 0 radical (unpaired) electrons. The number of hydrogen-bond donors (Lipinski definition) is 0. The summed E-state index contributed by atoms with van der Waals surface area (Å²) in [5, 5.41) is 4.86. The van der Waals surface area contributed by atoms with Crippen LogP contribution in [0.2, 0.25) is 0 Å². The van der Waals surface area contributed by atoms with Crippen LogP contribution in [0.25, 0.3) is 0 Å². The zero-order valence-corrected chi connectivity index (χ0v) is 13.7. The number of pyridine rings is 1. The zero-order valence-electron chi connectivity index (χ0n) is 13.7. The minimum absolute atomic E-state index is 0.411. The van der Waals surface area contributed by atoms with E-state index in [1.807, 2.05) is 18.5 Å². The van der Waals surface area contributed by atoms with Crippen molar-refractivity contribution in [1.29, 1.82) is 0 Å². The van der Waals surface area contributed by atoms with Crippen molar-refractivity contribution in [1.82, 2.24) is 19.7 Å². The summed E-state index contributed by atoms with van der Waals surface area (Å²) in [5.74, 6) is 1.26. The van der Waals surface area contributed by atoms with Crippen molar-refractivity contribution in [2.24, 2.45) is 5.92 Å². The summed E-state index contributed by atoms with van der Waals surface area (Å²) in [6.07, 6.45) is 8.76. The monoisotopic (exact) mass is 312 g/mol. The molecule has 1 aliphatic carbocycles. The van der Waals surface area contributed by atoms with E-state index < -0.39 is 0 Å². The molecule has 2 aromatic rings. The lowest BCUT2D eigenvalue weighted by atomic mass is 9.95. The maximum absolute atomic E-state index is 5.46. The Balaban J connectivity index is 1.52. The molecule has 1 aliphatic heterocycles. The summed E-state index contributed by atoms with van der Waals surface area (Å²) < 4.78 is 7.63. The van der Waals surface area contributed by atoms with Crippen molar-refractivity contribution in [3.05, 3.63) is 47.5 Å². The Labute approximate surface area is 137 Å². The van der Waals surface area contributed by atoms with E-state index >= 15 is 0 Å². The summed E-state index contributed by atoms with van der Waals surface area (Å²) in [6.45, 7) is 4.69. The molecule has 0 spiro atoms. The third-order valence-electron chi connectivity index (χ3n) is 4.80. The molecule has 23 heavy (non-hydrogen) atoms. The van der Waals surface area contributed by atoms with Gasteiger partial charge in [0, 0.05) is 63.4 Å². The maximum atomic E-state index is 5.46. The molecular weight excluding hydrogens is 288 g/mol. The van der Waals surface area contributed by atoms with Gasteiger partial charge in [0.2, 0.25) is 0 Å². The molecule has 0 N–H and O–H groups in total. The molecule has 1 atom stereocenters. The molecule has 0 saturated heterocycles. The van der Waals surface area contributed by atoms with Gasteiger partial charge in [-0.2, -0.15) is 5.10 Å². The molecule has 2 aromatic heterocycles. The quantitative estimate of drug-likeness (QED) is 0.822. The van der Waals surface area contributed by atoms with Crippen LogP contribution in [0, 0.1) is 5.92 Å². The minimum atomic E-state index is 0.411. The number of hydrogen-bond acceptors (Lipinski definition) is 4. The SMILES string of the molecule is COC[C@@H]1CN(Cc2cccnc2)Cc2nn(CC3CC3)cc21. The van der Waals surface area contributed by atoms with E-state index in [9.17, 15) is 0 Å². The molecule has 4 rings (SSSR count). The lowest BCUT2D eigenvalue weighted by molar-refractivity contribution is 0.135. The predicted octanol–water partition coefficient (Wildman–Crippen LogP) is 2.43. The first-order chi connectivity index (χ1) is 11.3. The Morgan fingerprint density at radius 1 is 1.35 bits per heavy atom. The van der Waals surface area contributed by atoms with Gasteiger partial charge in [0.15, 0.2) is 0 Å². The highest BCUT2D eigenvalue weighted by Gasteiger charge is 2.29.